The predicted molar refractivity (Wildman–Crippen MR) is 78.3 cm³/mol. The Balaban J connectivity index is 2.16. The second-order valence-electron chi connectivity index (χ2n) is 5.23. The predicted octanol–water partition coefficient (Wildman–Crippen LogP) is 4.31. The average Bonchev–Trinajstić information content (AvgIpc) is 2.70. The summed E-state index contributed by atoms with van der Waals surface area (Å²) >= 11 is 5.77. The highest BCUT2D eigenvalue weighted by Gasteiger charge is 2.07. The lowest BCUT2D eigenvalue weighted by molar-refractivity contribution is 0.475. The van der Waals surface area contributed by atoms with Crippen LogP contribution in [0.5, 0.6) is 0 Å². The molecule has 1 aromatic heterocycles. The molecule has 98 valence electrons. The number of aromatic nitrogens is 2. The summed E-state index contributed by atoms with van der Waals surface area (Å²) < 4.78 is 2.26. The number of rotatable bonds is 5. The summed E-state index contributed by atoms with van der Waals surface area (Å²) in [7, 11) is 0. The first kappa shape index (κ1) is 13.4. The Morgan fingerprint density at radius 1 is 1.22 bits per heavy atom. The lowest BCUT2D eigenvalue weighted by Gasteiger charge is -2.10. The molecule has 2 aromatic rings. The van der Waals surface area contributed by atoms with Crippen LogP contribution >= 0.6 is 11.6 Å². The molecule has 1 heterocycles. The quantitative estimate of drug-likeness (QED) is 0.736. The van der Waals surface area contributed by atoms with E-state index in [0.29, 0.717) is 5.92 Å². The largest absolute Gasteiger partial charge is 0.331 e. The number of halogens is 1. The van der Waals surface area contributed by atoms with Crippen LogP contribution in [0.4, 0.5) is 0 Å². The fourth-order valence-corrected chi connectivity index (χ4v) is 2.55. The monoisotopic (exact) mass is 264 g/mol. The molecule has 2 rings (SSSR count). The van der Waals surface area contributed by atoms with Gasteiger partial charge in [0.05, 0.1) is 17.4 Å². The van der Waals surface area contributed by atoms with Crippen molar-refractivity contribution in [2.75, 3.05) is 5.88 Å². The van der Waals surface area contributed by atoms with Crippen molar-refractivity contribution in [3.05, 3.63) is 29.6 Å². The van der Waals surface area contributed by atoms with Crippen molar-refractivity contribution >= 4 is 22.6 Å². The van der Waals surface area contributed by atoms with E-state index in [1.54, 1.807) is 0 Å². The summed E-state index contributed by atoms with van der Waals surface area (Å²) in [6.07, 6.45) is 4.20. The van der Waals surface area contributed by atoms with E-state index in [-0.39, 0.29) is 0 Å². The summed E-state index contributed by atoms with van der Waals surface area (Å²) in [6.45, 7) is 7.58. The molecule has 0 aliphatic carbocycles. The molecule has 3 heteroatoms. The molecule has 0 saturated heterocycles. The number of aryl methyl sites for hydroxylation is 3. The second-order valence-corrected chi connectivity index (χ2v) is 5.61. The number of nitrogens with zero attached hydrogens (tertiary/aromatic N) is 2. The smallest absolute Gasteiger partial charge is 0.0958 e. The van der Waals surface area contributed by atoms with Gasteiger partial charge >= 0.3 is 0 Å². The van der Waals surface area contributed by atoms with E-state index in [1.165, 1.54) is 16.6 Å². The topological polar surface area (TPSA) is 17.8 Å². The van der Waals surface area contributed by atoms with Gasteiger partial charge in [-0.25, -0.2) is 4.98 Å². The van der Waals surface area contributed by atoms with Gasteiger partial charge in [0.25, 0.3) is 0 Å². The number of hydrogen-bond donors (Lipinski definition) is 0. The van der Waals surface area contributed by atoms with E-state index in [0.717, 1.165) is 30.8 Å². The third-order valence-electron chi connectivity index (χ3n) is 3.70. The SMILES string of the molecule is Cc1cc2ncn(CCC(C)CCCl)c2cc1C. The van der Waals surface area contributed by atoms with Crippen molar-refractivity contribution in [3.8, 4) is 0 Å². The van der Waals surface area contributed by atoms with Crippen LogP contribution < -0.4 is 0 Å². The highest BCUT2D eigenvalue weighted by molar-refractivity contribution is 6.17. The van der Waals surface area contributed by atoms with Gasteiger partial charge < -0.3 is 4.57 Å². The van der Waals surface area contributed by atoms with Crippen molar-refractivity contribution in [2.45, 2.75) is 40.2 Å². The van der Waals surface area contributed by atoms with Gasteiger partial charge in [-0.1, -0.05) is 6.92 Å². The Morgan fingerprint density at radius 3 is 2.67 bits per heavy atom. The maximum absolute atomic E-state index is 5.77. The maximum atomic E-state index is 5.77. The summed E-state index contributed by atoms with van der Waals surface area (Å²) in [5.41, 5.74) is 4.99. The van der Waals surface area contributed by atoms with Gasteiger partial charge in [0.1, 0.15) is 0 Å². The molecular weight excluding hydrogens is 244 g/mol. The molecule has 1 aromatic carbocycles. The molecule has 0 radical (unpaired) electrons. The molecule has 18 heavy (non-hydrogen) atoms. The first-order valence-electron chi connectivity index (χ1n) is 6.60. The van der Waals surface area contributed by atoms with E-state index >= 15 is 0 Å². The van der Waals surface area contributed by atoms with E-state index in [9.17, 15) is 0 Å². The van der Waals surface area contributed by atoms with Crippen LogP contribution in [-0.4, -0.2) is 15.4 Å². The van der Waals surface area contributed by atoms with Crippen LogP contribution in [0.2, 0.25) is 0 Å². The van der Waals surface area contributed by atoms with E-state index < -0.39 is 0 Å². The van der Waals surface area contributed by atoms with Gasteiger partial charge in [0.2, 0.25) is 0 Å². The summed E-state index contributed by atoms with van der Waals surface area (Å²) in [6, 6.07) is 4.41. The normalized spacial score (nSPS) is 13.1. The third kappa shape index (κ3) is 2.86. The third-order valence-corrected chi connectivity index (χ3v) is 3.92. The van der Waals surface area contributed by atoms with Crippen molar-refractivity contribution in [3.63, 3.8) is 0 Å². The highest BCUT2D eigenvalue weighted by Crippen LogP contribution is 2.19. The van der Waals surface area contributed by atoms with Crippen molar-refractivity contribution < 1.29 is 0 Å². The van der Waals surface area contributed by atoms with E-state index in [2.05, 4.69) is 42.5 Å². The number of alkyl halides is 1. The molecule has 1 unspecified atom stereocenters. The zero-order chi connectivity index (χ0) is 13.1. The summed E-state index contributed by atoms with van der Waals surface area (Å²) in [5, 5.41) is 0. The molecule has 2 nitrogen and oxygen atoms in total. The van der Waals surface area contributed by atoms with Gasteiger partial charge in [-0.15, -0.1) is 11.6 Å². The zero-order valence-corrected chi connectivity index (χ0v) is 12.2. The number of imidazole rings is 1. The minimum atomic E-state index is 0.673. The van der Waals surface area contributed by atoms with Crippen LogP contribution in [0.3, 0.4) is 0 Å². The van der Waals surface area contributed by atoms with Crippen molar-refractivity contribution in [1.82, 2.24) is 9.55 Å². The molecule has 0 spiro atoms. The maximum Gasteiger partial charge on any atom is 0.0958 e. The Morgan fingerprint density at radius 2 is 1.94 bits per heavy atom. The average molecular weight is 265 g/mol. The zero-order valence-electron chi connectivity index (χ0n) is 11.4. The molecule has 1 atom stereocenters. The van der Waals surface area contributed by atoms with Crippen molar-refractivity contribution in [2.24, 2.45) is 5.92 Å². The second kappa shape index (κ2) is 5.75. The summed E-state index contributed by atoms with van der Waals surface area (Å²) in [4.78, 5) is 4.48. The number of benzene rings is 1. The lowest BCUT2D eigenvalue weighted by atomic mass is 10.1. The minimum Gasteiger partial charge on any atom is -0.331 e. The molecule has 0 aliphatic rings. The van der Waals surface area contributed by atoms with Gasteiger partial charge in [-0.3, -0.25) is 0 Å². The molecule has 0 saturated carbocycles. The fraction of sp³-hybridized carbons (Fsp3) is 0.533. The van der Waals surface area contributed by atoms with E-state index in [1.807, 2.05) is 6.33 Å². The van der Waals surface area contributed by atoms with Gasteiger partial charge in [0, 0.05) is 12.4 Å². The van der Waals surface area contributed by atoms with Crippen molar-refractivity contribution in [1.29, 1.82) is 0 Å². The Labute approximate surface area is 114 Å². The molecule has 0 fully saturated rings. The Hall–Kier alpha value is -1.02. The Kier molecular flexibility index (Phi) is 4.28. The van der Waals surface area contributed by atoms with Crippen LogP contribution in [-0.2, 0) is 6.54 Å². The summed E-state index contributed by atoms with van der Waals surface area (Å²) in [5.74, 6) is 1.43. The van der Waals surface area contributed by atoms with Crippen LogP contribution in [0.15, 0.2) is 18.5 Å². The molecule has 0 N–H and O–H groups in total. The van der Waals surface area contributed by atoms with Crippen LogP contribution in [0, 0.1) is 19.8 Å². The van der Waals surface area contributed by atoms with E-state index in [4.69, 9.17) is 11.6 Å². The fourth-order valence-electron chi connectivity index (χ4n) is 2.18. The highest BCUT2D eigenvalue weighted by atomic mass is 35.5. The van der Waals surface area contributed by atoms with Gasteiger partial charge in [-0.2, -0.15) is 0 Å². The first-order valence-corrected chi connectivity index (χ1v) is 7.13. The lowest BCUT2D eigenvalue weighted by Crippen LogP contribution is -2.03. The number of hydrogen-bond acceptors (Lipinski definition) is 1. The van der Waals surface area contributed by atoms with Gasteiger partial charge in [0.15, 0.2) is 0 Å². The molecular formula is C15H21ClN2. The van der Waals surface area contributed by atoms with Gasteiger partial charge in [-0.05, 0) is 55.9 Å². The van der Waals surface area contributed by atoms with Crippen LogP contribution in [0.1, 0.15) is 30.9 Å². The first-order chi connectivity index (χ1) is 8.61. The van der Waals surface area contributed by atoms with Crippen LogP contribution in [0.25, 0.3) is 11.0 Å². The standard InChI is InChI=1S/C15H21ClN2/c1-11(4-6-16)5-7-18-10-17-14-8-12(2)13(3)9-15(14)18/h8-11H,4-7H2,1-3H3. The molecule has 0 amide bonds. The molecule has 0 bridgehead atoms. The molecule has 0 aliphatic heterocycles. The minimum absolute atomic E-state index is 0.673. The number of fused-ring (bicyclic) bond motifs is 1. The Bertz CT molecular complexity index is 531.